The van der Waals surface area contributed by atoms with Gasteiger partial charge in [-0.1, -0.05) is 86.3 Å². The van der Waals surface area contributed by atoms with Crippen LogP contribution in [-0.2, 0) is 5.41 Å². The molecule has 1 heterocycles. The van der Waals surface area contributed by atoms with Crippen molar-refractivity contribution in [3.8, 4) is 5.75 Å². The zero-order valence-electron chi connectivity index (χ0n) is 15.5. The summed E-state index contributed by atoms with van der Waals surface area (Å²) in [4.78, 5) is 0. The van der Waals surface area contributed by atoms with Gasteiger partial charge in [0.25, 0.3) is 0 Å². The van der Waals surface area contributed by atoms with E-state index < -0.39 is 0 Å². The van der Waals surface area contributed by atoms with E-state index in [4.69, 9.17) is 0 Å². The van der Waals surface area contributed by atoms with Crippen LogP contribution in [0.5, 0.6) is 5.75 Å². The predicted octanol–water partition coefficient (Wildman–Crippen LogP) is 4.92. The first-order valence-corrected chi connectivity index (χ1v) is 9.04. The summed E-state index contributed by atoms with van der Waals surface area (Å²) in [5.74, 6) is 0.0200. The Morgan fingerprint density at radius 2 is 1.59 bits per heavy atom. The average Bonchev–Trinajstić information content (AvgIpc) is 3.11. The highest BCUT2D eigenvalue weighted by molar-refractivity contribution is 5.85. The van der Waals surface area contributed by atoms with Gasteiger partial charge in [0.1, 0.15) is 0 Å². The number of fused-ring (bicyclic) bond motifs is 1. The summed E-state index contributed by atoms with van der Waals surface area (Å²) >= 11 is 0. The first-order valence-electron chi connectivity index (χ1n) is 9.04. The molecule has 0 aliphatic carbocycles. The Bertz CT molecular complexity index is 1110. The molecular formula is C24H21N2O-. The number of aromatic nitrogens is 1. The quantitative estimate of drug-likeness (QED) is 0.480. The Kier molecular flexibility index (Phi) is 4.28. The van der Waals surface area contributed by atoms with Crippen molar-refractivity contribution in [3.05, 3.63) is 102 Å². The van der Waals surface area contributed by atoms with Gasteiger partial charge in [-0.2, -0.15) is 5.10 Å². The maximum atomic E-state index is 13.1. The summed E-state index contributed by atoms with van der Waals surface area (Å²) in [7, 11) is 0. The van der Waals surface area contributed by atoms with E-state index in [9.17, 15) is 5.11 Å². The SMILES string of the molecule is CC(C)(c1ccccc1)c1cccc(/C=N/n2ccc3ccccc32)c1[O-]. The van der Waals surface area contributed by atoms with Crippen molar-refractivity contribution in [1.29, 1.82) is 0 Å². The van der Waals surface area contributed by atoms with Crippen LogP contribution in [0.3, 0.4) is 0 Å². The molecule has 0 N–H and O–H groups in total. The van der Waals surface area contributed by atoms with Gasteiger partial charge in [0.15, 0.2) is 0 Å². The van der Waals surface area contributed by atoms with Gasteiger partial charge in [0, 0.05) is 17.0 Å². The van der Waals surface area contributed by atoms with Crippen LogP contribution in [0.2, 0.25) is 0 Å². The molecule has 1 aromatic heterocycles. The van der Waals surface area contributed by atoms with Crippen molar-refractivity contribution in [1.82, 2.24) is 4.68 Å². The fourth-order valence-corrected chi connectivity index (χ4v) is 3.45. The highest BCUT2D eigenvalue weighted by Crippen LogP contribution is 2.36. The van der Waals surface area contributed by atoms with E-state index >= 15 is 0 Å². The molecule has 3 heteroatoms. The summed E-state index contributed by atoms with van der Waals surface area (Å²) in [5.41, 5.74) is 3.13. The molecule has 0 radical (unpaired) electrons. The summed E-state index contributed by atoms with van der Waals surface area (Å²) < 4.78 is 1.80. The standard InChI is InChI=1S/C24H22N2O/c1-24(2,20-11-4-3-5-12-20)21-13-8-10-19(23(21)27)17-25-26-16-15-18-9-6-7-14-22(18)26/h3-17,27H,1-2H3/p-1/b25-17+. The predicted molar refractivity (Wildman–Crippen MR) is 109 cm³/mol. The summed E-state index contributed by atoms with van der Waals surface area (Å²) in [6.45, 7) is 4.17. The highest BCUT2D eigenvalue weighted by atomic mass is 16.3. The van der Waals surface area contributed by atoms with Gasteiger partial charge in [0.2, 0.25) is 0 Å². The fraction of sp³-hybridized carbons (Fsp3) is 0.125. The minimum atomic E-state index is -0.373. The lowest BCUT2D eigenvalue weighted by Crippen LogP contribution is -2.21. The summed E-state index contributed by atoms with van der Waals surface area (Å²) in [6.07, 6.45) is 3.56. The van der Waals surface area contributed by atoms with Crippen molar-refractivity contribution in [3.63, 3.8) is 0 Å². The van der Waals surface area contributed by atoms with Crippen LogP contribution in [0.4, 0.5) is 0 Å². The van der Waals surface area contributed by atoms with Gasteiger partial charge in [-0.3, -0.25) is 0 Å². The van der Waals surface area contributed by atoms with Crippen molar-refractivity contribution in [2.45, 2.75) is 19.3 Å². The number of nitrogens with zero attached hydrogens (tertiary/aromatic N) is 2. The van der Waals surface area contributed by atoms with Crippen molar-refractivity contribution >= 4 is 17.1 Å². The zero-order chi connectivity index (χ0) is 18.9. The van der Waals surface area contributed by atoms with Gasteiger partial charge >= 0.3 is 0 Å². The van der Waals surface area contributed by atoms with Crippen LogP contribution in [0.15, 0.2) is 90.2 Å². The highest BCUT2D eigenvalue weighted by Gasteiger charge is 2.23. The fourth-order valence-electron chi connectivity index (χ4n) is 3.45. The van der Waals surface area contributed by atoms with Gasteiger partial charge in [-0.25, -0.2) is 4.68 Å². The minimum absolute atomic E-state index is 0.0200. The van der Waals surface area contributed by atoms with Crippen LogP contribution in [0.25, 0.3) is 10.9 Å². The average molecular weight is 353 g/mol. The number of hydrogen-bond acceptors (Lipinski definition) is 2. The van der Waals surface area contributed by atoms with Gasteiger partial charge in [0.05, 0.1) is 11.7 Å². The Balaban J connectivity index is 1.72. The van der Waals surface area contributed by atoms with E-state index in [2.05, 4.69) is 31.1 Å². The zero-order valence-corrected chi connectivity index (χ0v) is 15.5. The van der Waals surface area contributed by atoms with E-state index in [1.54, 1.807) is 10.9 Å². The molecule has 0 spiro atoms. The molecule has 0 amide bonds. The lowest BCUT2D eigenvalue weighted by atomic mass is 9.77. The topological polar surface area (TPSA) is 40.3 Å². The smallest absolute Gasteiger partial charge is 0.0718 e. The van der Waals surface area contributed by atoms with Crippen LogP contribution < -0.4 is 5.11 Å². The molecule has 3 nitrogen and oxygen atoms in total. The van der Waals surface area contributed by atoms with Crippen LogP contribution >= 0.6 is 0 Å². The first-order chi connectivity index (χ1) is 13.1. The number of hydrogen-bond donors (Lipinski definition) is 0. The lowest BCUT2D eigenvalue weighted by Gasteiger charge is -2.31. The molecular weight excluding hydrogens is 332 g/mol. The lowest BCUT2D eigenvalue weighted by molar-refractivity contribution is -0.270. The van der Waals surface area contributed by atoms with Gasteiger partial charge < -0.3 is 5.11 Å². The third-order valence-electron chi connectivity index (χ3n) is 5.11. The molecule has 27 heavy (non-hydrogen) atoms. The van der Waals surface area contributed by atoms with Crippen molar-refractivity contribution in [2.75, 3.05) is 0 Å². The Labute approximate surface area is 159 Å². The largest absolute Gasteiger partial charge is 0.872 e. The molecule has 0 aliphatic rings. The van der Waals surface area contributed by atoms with E-state index in [1.807, 2.05) is 72.9 Å². The third-order valence-corrected chi connectivity index (χ3v) is 5.11. The molecule has 134 valence electrons. The Morgan fingerprint density at radius 1 is 0.852 bits per heavy atom. The molecule has 0 unspecified atom stereocenters. The molecule has 0 fully saturated rings. The van der Waals surface area contributed by atoms with Crippen LogP contribution in [0, 0.1) is 0 Å². The number of para-hydroxylation sites is 2. The van der Waals surface area contributed by atoms with Gasteiger partial charge in [-0.05, 0) is 28.8 Å². The number of benzene rings is 3. The summed E-state index contributed by atoms with van der Waals surface area (Å²) in [5, 5.41) is 18.7. The first kappa shape index (κ1) is 17.1. The molecule has 0 bridgehead atoms. The van der Waals surface area contributed by atoms with E-state index in [0.717, 1.165) is 22.0 Å². The molecule has 4 aromatic rings. The Morgan fingerprint density at radius 3 is 2.41 bits per heavy atom. The second kappa shape index (κ2) is 6.76. The van der Waals surface area contributed by atoms with Crippen LogP contribution in [-0.4, -0.2) is 10.9 Å². The van der Waals surface area contributed by atoms with Gasteiger partial charge in [-0.15, -0.1) is 0 Å². The van der Waals surface area contributed by atoms with Crippen molar-refractivity contribution in [2.24, 2.45) is 5.10 Å². The molecule has 0 aliphatic heterocycles. The van der Waals surface area contributed by atoms with E-state index in [0.29, 0.717) is 5.56 Å². The van der Waals surface area contributed by atoms with E-state index in [1.165, 1.54) is 0 Å². The number of rotatable bonds is 4. The molecule has 0 saturated carbocycles. The molecule has 0 atom stereocenters. The minimum Gasteiger partial charge on any atom is -0.872 e. The Hall–Kier alpha value is -3.33. The second-order valence-electron chi connectivity index (χ2n) is 7.18. The third kappa shape index (κ3) is 3.13. The van der Waals surface area contributed by atoms with E-state index in [-0.39, 0.29) is 11.2 Å². The molecule has 3 aromatic carbocycles. The maximum Gasteiger partial charge on any atom is 0.0718 e. The maximum absolute atomic E-state index is 13.1. The van der Waals surface area contributed by atoms with Crippen LogP contribution in [0.1, 0.15) is 30.5 Å². The summed E-state index contributed by atoms with van der Waals surface area (Å²) in [6, 6.07) is 25.8. The molecule has 4 rings (SSSR count). The second-order valence-corrected chi connectivity index (χ2v) is 7.18. The monoisotopic (exact) mass is 353 g/mol. The molecule has 0 saturated heterocycles. The normalized spacial score (nSPS) is 12.1. The van der Waals surface area contributed by atoms with Crippen molar-refractivity contribution < 1.29 is 5.11 Å².